The number of nitrogens with zero attached hydrogens (tertiary/aromatic N) is 2. The molecule has 0 bridgehead atoms. The summed E-state index contributed by atoms with van der Waals surface area (Å²) >= 11 is 1.66. The van der Waals surface area contributed by atoms with Crippen molar-refractivity contribution in [2.45, 2.75) is 13.3 Å². The van der Waals surface area contributed by atoms with Gasteiger partial charge in [-0.1, -0.05) is 11.2 Å². The molecule has 0 spiro atoms. The molecule has 3 heterocycles. The van der Waals surface area contributed by atoms with Crippen LogP contribution in [0.15, 0.2) is 34.3 Å². The maximum atomic E-state index is 11.8. The highest BCUT2D eigenvalue weighted by Gasteiger charge is 2.10. The maximum absolute atomic E-state index is 11.8. The zero-order valence-corrected chi connectivity index (χ0v) is 12.2. The summed E-state index contributed by atoms with van der Waals surface area (Å²) in [7, 11) is 0. The molecule has 108 valence electrons. The van der Waals surface area contributed by atoms with Crippen molar-refractivity contribution in [2.75, 3.05) is 6.54 Å². The van der Waals surface area contributed by atoms with Crippen molar-refractivity contribution in [3.05, 3.63) is 47.1 Å². The molecular weight excluding hydrogens is 288 g/mol. The largest absolute Gasteiger partial charge is 0.361 e. The number of hydrogen-bond donors (Lipinski definition) is 2. The number of aromatic amines is 1. The fourth-order valence-electron chi connectivity index (χ4n) is 1.90. The molecule has 0 aromatic carbocycles. The number of carbonyl (C=O) groups is 1. The van der Waals surface area contributed by atoms with Crippen LogP contribution in [0.4, 0.5) is 0 Å². The van der Waals surface area contributed by atoms with Gasteiger partial charge in [-0.2, -0.15) is 0 Å². The van der Waals surface area contributed by atoms with Crippen LogP contribution < -0.4 is 5.32 Å². The molecule has 0 saturated heterocycles. The number of amides is 1. The van der Waals surface area contributed by atoms with E-state index in [1.54, 1.807) is 24.3 Å². The van der Waals surface area contributed by atoms with Gasteiger partial charge in [-0.15, -0.1) is 11.3 Å². The molecule has 0 atom stereocenters. The lowest BCUT2D eigenvalue weighted by atomic mass is 10.3. The van der Waals surface area contributed by atoms with E-state index in [0.717, 1.165) is 16.4 Å². The van der Waals surface area contributed by atoms with E-state index < -0.39 is 0 Å². The monoisotopic (exact) mass is 302 g/mol. The third-order valence-corrected chi connectivity index (χ3v) is 3.83. The summed E-state index contributed by atoms with van der Waals surface area (Å²) in [5, 5.41) is 8.48. The van der Waals surface area contributed by atoms with Crippen LogP contribution in [-0.2, 0) is 6.42 Å². The van der Waals surface area contributed by atoms with E-state index >= 15 is 0 Å². The summed E-state index contributed by atoms with van der Waals surface area (Å²) in [6, 6.07) is 5.65. The van der Waals surface area contributed by atoms with E-state index in [9.17, 15) is 4.79 Å². The zero-order valence-electron chi connectivity index (χ0n) is 11.4. The first kappa shape index (κ1) is 13.6. The second-order valence-electron chi connectivity index (χ2n) is 4.55. The first-order chi connectivity index (χ1) is 10.2. The third kappa shape index (κ3) is 3.19. The quantitative estimate of drug-likeness (QED) is 0.758. The Bertz CT molecular complexity index is 730. The summed E-state index contributed by atoms with van der Waals surface area (Å²) in [6.07, 6.45) is 2.44. The highest BCUT2D eigenvalue weighted by atomic mass is 32.1. The molecule has 0 fully saturated rings. The number of carbonyl (C=O) groups excluding carboxylic acids is 1. The van der Waals surface area contributed by atoms with Crippen LogP contribution in [0.25, 0.3) is 10.6 Å². The van der Waals surface area contributed by atoms with Crippen molar-refractivity contribution < 1.29 is 9.32 Å². The number of H-pyrrole nitrogens is 1. The first-order valence-electron chi connectivity index (χ1n) is 6.51. The predicted octanol–water partition coefficient (Wildman–Crippen LogP) is 2.41. The molecule has 3 aromatic rings. The van der Waals surface area contributed by atoms with Gasteiger partial charge in [0, 0.05) is 19.0 Å². The second kappa shape index (κ2) is 5.92. The summed E-state index contributed by atoms with van der Waals surface area (Å²) in [5.41, 5.74) is 1.30. The van der Waals surface area contributed by atoms with Gasteiger partial charge in [-0.25, -0.2) is 4.98 Å². The van der Waals surface area contributed by atoms with E-state index in [0.29, 0.717) is 24.4 Å². The fraction of sp³-hybridized carbons (Fsp3) is 0.214. The van der Waals surface area contributed by atoms with Gasteiger partial charge in [-0.05, 0) is 18.4 Å². The normalized spacial score (nSPS) is 10.7. The van der Waals surface area contributed by atoms with E-state index in [1.807, 2.05) is 23.7 Å². The van der Waals surface area contributed by atoms with Gasteiger partial charge in [0.15, 0.2) is 5.69 Å². The lowest BCUT2D eigenvalue weighted by Crippen LogP contribution is -2.26. The van der Waals surface area contributed by atoms with Gasteiger partial charge in [0.25, 0.3) is 5.91 Å². The van der Waals surface area contributed by atoms with Gasteiger partial charge >= 0.3 is 0 Å². The van der Waals surface area contributed by atoms with Crippen LogP contribution in [0, 0.1) is 6.92 Å². The highest BCUT2D eigenvalue weighted by Crippen LogP contribution is 2.22. The number of aryl methyl sites for hydroxylation is 1. The number of imidazole rings is 1. The number of nitrogens with one attached hydrogen (secondary N) is 2. The average Bonchev–Trinajstić information content (AvgIpc) is 3.19. The lowest BCUT2D eigenvalue weighted by Gasteiger charge is -2.00. The van der Waals surface area contributed by atoms with Crippen molar-refractivity contribution >= 4 is 17.2 Å². The Morgan fingerprint density at radius 3 is 3.14 bits per heavy atom. The lowest BCUT2D eigenvalue weighted by molar-refractivity contribution is 0.0945. The van der Waals surface area contributed by atoms with Gasteiger partial charge in [0.1, 0.15) is 11.6 Å². The van der Waals surface area contributed by atoms with Crippen LogP contribution in [0.3, 0.4) is 0 Å². The summed E-state index contributed by atoms with van der Waals surface area (Å²) in [5.74, 6) is 1.22. The first-order valence-corrected chi connectivity index (χ1v) is 7.39. The topological polar surface area (TPSA) is 83.8 Å². The number of rotatable bonds is 5. The Morgan fingerprint density at radius 2 is 2.43 bits per heavy atom. The van der Waals surface area contributed by atoms with Gasteiger partial charge in [0.2, 0.25) is 0 Å². The Kier molecular flexibility index (Phi) is 3.83. The zero-order chi connectivity index (χ0) is 14.7. The number of thiophene rings is 1. The molecular formula is C14H14N4O2S. The van der Waals surface area contributed by atoms with Crippen LogP contribution in [-0.4, -0.2) is 27.6 Å². The van der Waals surface area contributed by atoms with E-state index in [-0.39, 0.29) is 5.91 Å². The summed E-state index contributed by atoms with van der Waals surface area (Å²) in [6.45, 7) is 2.24. The molecule has 2 N–H and O–H groups in total. The molecule has 0 aliphatic rings. The van der Waals surface area contributed by atoms with Crippen LogP contribution in [0.5, 0.6) is 0 Å². The van der Waals surface area contributed by atoms with Crippen LogP contribution >= 0.6 is 11.3 Å². The smallest absolute Gasteiger partial charge is 0.273 e. The molecule has 7 heteroatoms. The number of aromatic nitrogens is 3. The van der Waals surface area contributed by atoms with Crippen LogP contribution in [0.1, 0.15) is 22.1 Å². The average molecular weight is 302 g/mol. The Morgan fingerprint density at radius 1 is 1.52 bits per heavy atom. The summed E-state index contributed by atoms with van der Waals surface area (Å²) in [4.78, 5) is 20.5. The molecule has 0 radical (unpaired) electrons. The van der Waals surface area contributed by atoms with Crippen molar-refractivity contribution in [2.24, 2.45) is 0 Å². The molecule has 0 aliphatic carbocycles. The van der Waals surface area contributed by atoms with Crippen molar-refractivity contribution in [3.8, 4) is 10.6 Å². The van der Waals surface area contributed by atoms with Crippen molar-refractivity contribution in [1.29, 1.82) is 0 Å². The van der Waals surface area contributed by atoms with Gasteiger partial charge in [0.05, 0.1) is 16.8 Å². The SMILES string of the molecule is Cc1cc(C(=O)NCCc2ncc(-c3cccs3)[nH]2)no1. The molecule has 1 amide bonds. The molecule has 3 rings (SSSR count). The molecule has 0 aliphatic heterocycles. The minimum Gasteiger partial charge on any atom is -0.361 e. The Labute approximate surface area is 125 Å². The molecule has 21 heavy (non-hydrogen) atoms. The maximum Gasteiger partial charge on any atom is 0.273 e. The van der Waals surface area contributed by atoms with E-state index in [4.69, 9.17) is 4.52 Å². The number of hydrogen-bond acceptors (Lipinski definition) is 5. The third-order valence-electron chi connectivity index (χ3n) is 2.92. The molecule has 0 saturated carbocycles. The molecule has 0 unspecified atom stereocenters. The Balaban J connectivity index is 1.53. The second-order valence-corrected chi connectivity index (χ2v) is 5.50. The predicted molar refractivity (Wildman–Crippen MR) is 79.2 cm³/mol. The van der Waals surface area contributed by atoms with Crippen molar-refractivity contribution in [3.63, 3.8) is 0 Å². The molecule has 3 aromatic heterocycles. The van der Waals surface area contributed by atoms with E-state index in [1.165, 1.54) is 0 Å². The minimum absolute atomic E-state index is 0.239. The highest BCUT2D eigenvalue weighted by molar-refractivity contribution is 7.13. The summed E-state index contributed by atoms with van der Waals surface area (Å²) < 4.78 is 4.87. The van der Waals surface area contributed by atoms with Gasteiger partial charge in [-0.3, -0.25) is 4.79 Å². The molecule has 6 nitrogen and oxygen atoms in total. The van der Waals surface area contributed by atoms with E-state index in [2.05, 4.69) is 20.4 Å². The van der Waals surface area contributed by atoms with Gasteiger partial charge < -0.3 is 14.8 Å². The standard InChI is InChI=1S/C14H14N4O2S/c1-9-7-10(18-20-9)14(19)15-5-4-13-16-8-11(17-13)12-3-2-6-21-12/h2-3,6-8H,4-5H2,1H3,(H,15,19)(H,16,17). The minimum atomic E-state index is -0.239. The fourth-order valence-corrected chi connectivity index (χ4v) is 2.60. The van der Waals surface area contributed by atoms with Crippen molar-refractivity contribution in [1.82, 2.24) is 20.4 Å². The van der Waals surface area contributed by atoms with Crippen LogP contribution in [0.2, 0.25) is 0 Å². The Hall–Kier alpha value is -2.41.